The predicted octanol–water partition coefficient (Wildman–Crippen LogP) is 3.35. The minimum atomic E-state index is -0.226. The highest BCUT2D eigenvalue weighted by Crippen LogP contribution is 2.29. The molecule has 2 aromatic rings. The molecular formula is C22H19NO4S. The molecule has 6 heteroatoms. The third kappa shape index (κ3) is 3.29. The smallest absolute Gasteiger partial charge is 0.253 e. The van der Waals surface area contributed by atoms with E-state index < -0.39 is 0 Å². The summed E-state index contributed by atoms with van der Waals surface area (Å²) in [6, 6.07) is 11.5. The number of ketones is 2. The van der Waals surface area contributed by atoms with Crippen LogP contribution in [0.4, 0.5) is 0 Å². The van der Waals surface area contributed by atoms with Gasteiger partial charge < -0.3 is 4.90 Å². The predicted molar refractivity (Wildman–Crippen MR) is 107 cm³/mol. The van der Waals surface area contributed by atoms with Crippen molar-refractivity contribution in [2.24, 2.45) is 0 Å². The van der Waals surface area contributed by atoms with Gasteiger partial charge in [-0.25, -0.2) is 0 Å². The van der Waals surface area contributed by atoms with Crippen molar-refractivity contribution in [2.45, 2.75) is 25.0 Å². The Labute approximate surface area is 167 Å². The molecule has 0 radical (unpaired) electrons. The molecule has 4 rings (SSSR count). The van der Waals surface area contributed by atoms with Gasteiger partial charge in [-0.05, 0) is 31.0 Å². The highest BCUT2D eigenvalue weighted by atomic mass is 32.2. The molecule has 1 heterocycles. The summed E-state index contributed by atoms with van der Waals surface area (Å²) in [6.45, 7) is 2.72. The van der Waals surface area contributed by atoms with Gasteiger partial charge in [0.15, 0.2) is 16.7 Å². The number of carbonyl (C=O) groups excluding carboxylic acids is 4. The second-order valence-electron chi connectivity index (χ2n) is 7.07. The van der Waals surface area contributed by atoms with Crippen LogP contribution in [0.3, 0.4) is 0 Å². The van der Waals surface area contributed by atoms with Crippen molar-refractivity contribution in [1.29, 1.82) is 0 Å². The van der Waals surface area contributed by atoms with E-state index in [0.717, 1.165) is 12.8 Å². The fraction of sp³-hybridized carbons (Fsp3) is 0.273. The van der Waals surface area contributed by atoms with Crippen molar-refractivity contribution in [3.63, 3.8) is 0 Å². The number of benzene rings is 2. The summed E-state index contributed by atoms with van der Waals surface area (Å²) in [6.07, 6.45) is 1.54. The topological polar surface area (TPSA) is 71.5 Å². The molecule has 2 aromatic carbocycles. The second-order valence-corrected chi connectivity index (χ2v) is 8.54. The number of amides is 1. The first-order chi connectivity index (χ1) is 13.5. The summed E-state index contributed by atoms with van der Waals surface area (Å²) in [5.41, 5.74) is 1.83. The molecule has 5 nitrogen and oxygen atoms in total. The summed E-state index contributed by atoms with van der Waals surface area (Å²) < 4.78 is 0. The van der Waals surface area contributed by atoms with E-state index in [1.165, 1.54) is 11.8 Å². The number of fused-ring (bicyclic) bond motifs is 2. The van der Waals surface area contributed by atoms with E-state index in [2.05, 4.69) is 0 Å². The van der Waals surface area contributed by atoms with Crippen molar-refractivity contribution in [1.82, 2.24) is 4.90 Å². The summed E-state index contributed by atoms with van der Waals surface area (Å²) in [5.74, 6) is -0.559. The SMILES string of the molecule is CC(=O)SC1CCN(C(=O)c2ccc3c(c2)C(=O)c2ccccc2C3=O)CC1. The Balaban J connectivity index is 1.56. The number of thioether (sulfide) groups is 1. The fourth-order valence-electron chi connectivity index (χ4n) is 3.83. The zero-order chi connectivity index (χ0) is 19.8. The third-order valence-corrected chi connectivity index (χ3v) is 6.37. The van der Waals surface area contributed by atoms with Crippen molar-refractivity contribution in [3.8, 4) is 0 Å². The standard InChI is InChI=1S/C22H19NO4S/c1-13(24)28-15-8-10-23(11-9-15)22(27)14-6-7-18-19(12-14)21(26)17-5-3-2-4-16(17)20(18)25/h2-7,12,15H,8-11H2,1H3. The number of hydrogen-bond acceptors (Lipinski definition) is 5. The largest absolute Gasteiger partial charge is 0.339 e. The van der Waals surface area contributed by atoms with E-state index in [-0.39, 0.29) is 33.4 Å². The number of nitrogens with zero attached hydrogens (tertiary/aromatic N) is 1. The van der Waals surface area contributed by atoms with E-state index in [0.29, 0.717) is 35.3 Å². The lowest BCUT2D eigenvalue weighted by molar-refractivity contribution is -0.109. The first-order valence-corrected chi connectivity index (χ1v) is 10.1. The molecule has 1 aliphatic carbocycles. The van der Waals surface area contributed by atoms with E-state index in [1.54, 1.807) is 54.3 Å². The minimum absolute atomic E-state index is 0.0999. The van der Waals surface area contributed by atoms with Crippen LogP contribution < -0.4 is 0 Å². The molecular weight excluding hydrogens is 374 g/mol. The number of likely N-dealkylation sites (tertiary alicyclic amines) is 1. The lowest BCUT2D eigenvalue weighted by Crippen LogP contribution is -2.39. The Hall–Kier alpha value is -2.73. The van der Waals surface area contributed by atoms with Crippen LogP contribution in [0.5, 0.6) is 0 Å². The Morgan fingerprint density at radius 3 is 2.07 bits per heavy atom. The van der Waals surface area contributed by atoms with Gasteiger partial charge in [0.05, 0.1) is 0 Å². The summed E-state index contributed by atoms with van der Waals surface area (Å²) >= 11 is 1.34. The molecule has 0 saturated carbocycles. The van der Waals surface area contributed by atoms with E-state index in [9.17, 15) is 19.2 Å². The maximum atomic E-state index is 12.9. The maximum Gasteiger partial charge on any atom is 0.253 e. The second kappa shape index (κ2) is 7.36. The van der Waals surface area contributed by atoms with Gasteiger partial charge in [0, 0.05) is 53.1 Å². The summed E-state index contributed by atoms with van der Waals surface area (Å²) in [4.78, 5) is 51.4. The average Bonchev–Trinajstić information content (AvgIpc) is 2.71. The minimum Gasteiger partial charge on any atom is -0.339 e. The van der Waals surface area contributed by atoms with Crippen molar-refractivity contribution in [3.05, 3.63) is 70.3 Å². The maximum absolute atomic E-state index is 12.9. The van der Waals surface area contributed by atoms with Gasteiger partial charge >= 0.3 is 0 Å². The summed E-state index contributed by atoms with van der Waals surface area (Å²) in [5, 5.41) is 0.351. The van der Waals surface area contributed by atoms with Crippen LogP contribution in [0.15, 0.2) is 42.5 Å². The van der Waals surface area contributed by atoms with E-state index >= 15 is 0 Å². The Kier molecular flexibility index (Phi) is 4.89. The van der Waals surface area contributed by atoms with Gasteiger partial charge in [0.1, 0.15) is 0 Å². The van der Waals surface area contributed by atoms with Crippen LogP contribution in [0.1, 0.15) is 62.0 Å². The highest BCUT2D eigenvalue weighted by Gasteiger charge is 2.31. The van der Waals surface area contributed by atoms with Crippen molar-refractivity contribution < 1.29 is 19.2 Å². The molecule has 28 heavy (non-hydrogen) atoms. The monoisotopic (exact) mass is 393 g/mol. The molecule has 0 unspecified atom stereocenters. The molecule has 0 bridgehead atoms. The first-order valence-electron chi connectivity index (χ1n) is 9.24. The fourth-order valence-corrected chi connectivity index (χ4v) is 4.74. The van der Waals surface area contributed by atoms with Crippen molar-refractivity contribution >= 4 is 34.4 Å². The number of hydrogen-bond donors (Lipinski definition) is 0. The van der Waals surface area contributed by atoms with Crippen LogP contribution in [-0.4, -0.2) is 45.8 Å². The average molecular weight is 393 g/mol. The molecule has 1 amide bonds. The van der Waals surface area contributed by atoms with Gasteiger partial charge in [-0.15, -0.1) is 0 Å². The molecule has 142 valence electrons. The molecule has 0 aromatic heterocycles. The van der Waals surface area contributed by atoms with Crippen LogP contribution in [-0.2, 0) is 4.79 Å². The molecule has 0 N–H and O–H groups in total. The first kappa shape index (κ1) is 18.6. The molecule has 0 atom stereocenters. The molecule has 1 aliphatic heterocycles. The van der Waals surface area contributed by atoms with Crippen LogP contribution in [0.2, 0.25) is 0 Å². The molecule has 0 spiro atoms. The molecule has 1 saturated heterocycles. The van der Waals surface area contributed by atoms with Crippen LogP contribution >= 0.6 is 11.8 Å². The molecule has 2 aliphatic rings. The van der Waals surface area contributed by atoms with E-state index in [1.807, 2.05) is 0 Å². The number of rotatable bonds is 2. The van der Waals surface area contributed by atoms with Crippen LogP contribution in [0, 0.1) is 0 Å². The number of carbonyl (C=O) groups is 4. The van der Waals surface area contributed by atoms with Gasteiger partial charge in [-0.2, -0.15) is 0 Å². The van der Waals surface area contributed by atoms with E-state index in [4.69, 9.17) is 0 Å². The van der Waals surface area contributed by atoms with Gasteiger partial charge in [0.25, 0.3) is 5.91 Å². The highest BCUT2D eigenvalue weighted by molar-refractivity contribution is 8.14. The van der Waals surface area contributed by atoms with Crippen molar-refractivity contribution in [2.75, 3.05) is 13.1 Å². The van der Waals surface area contributed by atoms with Gasteiger partial charge in [0.2, 0.25) is 0 Å². The lowest BCUT2D eigenvalue weighted by Gasteiger charge is -2.31. The lowest BCUT2D eigenvalue weighted by atomic mass is 9.83. The number of piperidine rings is 1. The Morgan fingerprint density at radius 2 is 1.46 bits per heavy atom. The van der Waals surface area contributed by atoms with Gasteiger partial charge in [-0.1, -0.05) is 36.0 Å². The van der Waals surface area contributed by atoms with Gasteiger partial charge in [-0.3, -0.25) is 19.2 Å². The Bertz CT molecular complexity index is 1010. The zero-order valence-corrected chi connectivity index (χ0v) is 16.3. The Morgan fingerprint density at radius 1 is 0.893 bits per heavy atom. The third-order valence-electron chi connectivity index (χ3n) is 5.23. The quantitative estimate of drug-likeness (QED) is 0.668. The van der Waals surface area contributed by atoms with Crippen LogP contribution in [0.25, 0.3) is 0 Å². The normalized spacial score (nSPS) is 16.5. The zero-order valence-electron chi connectivity index (χ0n) is 15.4. The summed E-state index contributed by atoms with van der Waals surface area (Å²) in [7, 11) is 0. The molecule has 1 fully saturated rings.